The summed E-state index contributed by atoms with van der Waals surface area (Å²) >= 11 is 0. The predicted molar refractivity (Wildman–Crippen MR) is 109 cm³/mol. The Kier molecular flexibility index (Phi) is 3.49. The van der Waals surface area contributed by atoms with Crippen molar-refractivity contribution in [1.82, 2.24) is 0 Å². The second-order valence-electron chi connectivity index (χ2n) is 11.1. The third kappa shape index (κ3) is 1.88. The number of hydrogen-bond acceptors (Lipinski definition) is 3. The van der Waals surface area contributed by atoms with Gasteiger partial charge in [-0.2, -0.15) is 0 Å². The smallest absolute Gasteiger partial charge is 0.306 e. The van der Waals surface area contributed by atoms with E-state index in [0.29, 0.717) is 30.1 Å². The molecule has 0 aromatic rings. The van der Waals surface area contributed by atoms with Crippen molar-refractivity contribution >= 4 is 11.7 Å². The van der Waals surface area contributed by atoms with Crippen molar-refractivity contribution in [3.63, 3.8) is 0 Å². The number of allylic oxidation sites excluding steroid dienone is 2. The lowest BCUT2D eigenvalue weighted by molar-refractivity contribution is -0.183. The van der Waals surface area contributed by atoms with Gasteiger partial charge in [0.2, 0.25) is 0 Å². The lowest BCUT2D eigenvalue weighted by atomic mass is 9.44. The van der Waals surface area contributed by atoms with Gasteiger partial charge >= 0.3 is 5.97 Å². The maximum atomic E-state index is 12.3. The summed E-state index contributed by atoms with van der Waals surface area (Å²) in [6, 6.07) is 0. The van der Waals surface area contributed by atoms with Crippen LogP contribution in [0.5, 0.6) is 0 Å². The summed E-state index contributed by atoms with van der Waals surface area (Å²) in [5, 5.41) is 8.22. The fraction of sp³-hybridized carbons (Fsp3) is 0.840. The Morgan fingerprint density at radius 2 is 2.00 bits per heavy atom. The minimum Gasteiger partial charge on any atom is -0.458 e. The number of carbonyl (C=O) groups is 1. The number of ether oxygens (including phenoxy) is 1. The molecule has 0 amide bonds. The molecule has 6 aliphatic rings. The van der Waals surface area contributed by atoms with Gasteiger partial charge in [-0.25, -0.2) is 0 Å². The summed E-state index contributed by atoms with van der Waals surface area (Å²) in [4.78, 5) is 12.3. The lowest BCUT2D eigenvalue weighted by Crippen LogP contribution is -2.58. The fourth-order valence-corrected chi connectivity index (χ4v) is 9.65. The quantitative estimate of drug-likeness (QED) is 0.619. The Hall–Kier alpha value is -1.12. The highest BCUT2D eigenvalue weighted by Crippen LogP contribution is 2.80. The maximum Gasteiger partial charge on any atom is 0.306 e. The highest BCUT2D eigenvalue weighted by Gasteiger charge is 2.80. The zero-order valence-corrected chi connectivity index (χ0v) is 17.7. The van der Waals surface area contributed by atoms with Gasteiger partial charge in [-0.1, -0.05) is 26.3 Å². The van der Waals surface area contributed by atoms with Gasteiger partial charge in [-0.3, -0.25) is 4.79 Å². The lowest BCUT2D eigenvalue weighted by Gasteiger charge is -2.61. The van der Waals surface area contributed by atoms with Crippen LogP contribution in [-0.4, -0.2) is 17.3 Å². The summed E-state index contributed by atoms with van der Waals surface area (Å²) in [5.74, 6) is 5.86. The van der Waals surface area contributed by atoms with Gasteiger partial charge in [0, 0.05) is 23.5 Å². The van der Waals surface area contributed by atoms with Crippen molar-refractivity contribution in [3.8, 4) is 0 Å². The van der Waals surface area contributed by atoms with E-state index in [1.807, 2.05) is 0 Å². The molecule has 1 heterocycles. The average Bonchev–Trinajstić information content (AvgIpc) is 3.34. The standard InChI is InChI=1S/C25H35NO2/c1-4-24-9-7-17-16-6-5-15(26)11-18(16)13(2)14(3)22(17)23(24)19-12-20(19)25(24)10-8-21(27)28-25/h11,13-14,16-17,19-20,22-23,26H,4-10,12H2,1-3H3/t13?,14?,16-,17?,19?,20?,22?,23?,24+,25+/m1/s1. The summed E-state index contributed by atoms with van der Waals surface area (Å²) < 4.78 is 6.31. The number of fused-ring (bicyclic) bond motifs is 9. The van der Waals surface area contributed by atoms with Crippen LogP contribution in [0.4, 0.5) is 0 Å². The van der Waals surface area contributed by atoms with E-state index >= 15 is 0 Å². The minimum atomic E-state index is -0.118. The monoisotopic (exact) mass is 381 g/mol. The molecule has 0 aromatic heterocycles. The first-order valence-corrected chi connectivity index (χ1v) is 11.9. The van der Waals surface area contributed by atoms with E-state index in [-0.39, 0.29) is 17.0 Å². The van der Waals surface area contributed by atoms with Crippen molar-refractivity contribution in [2.75, 3.05) is 0 Å². The van der Waals surface area contributed by atoms with E-state index in [0.717, 1.165) is 42.2 Å². The van der Waals surface area contributed by atoms with Gasteiger partial charge < -0.3 is 10.1 Å². The second kappa shape index (κ2) is 5.52. The van der Waals surface area contributed by atoms with Gasteiger partial charge in [-0.15, -0.1) is 0 Å². The molecule has 5 fully saturated rings. The van der Waals surface area contributed by atoms with E-state index in [1.54, 1.807) is 5.57 Å². The first-order chi connectivity index (χ1) is 13.4. The molecule has 0 radical (unpaired) electrons. The molecule has 10 atom stereocenters. The van der Waals surface area contributed by atoms with Gasteiger partial charge in [0.05, 0.1) is 0 Å². The van der Waals surface area contributed by atoms with Crippen LogP contribution < -0.4 is 0 Å². The van der Waals surface area contributed by atoms with Crippen LogP contribution >= 0.6 is 0 Å². The van der Waals surface area contributed by atoms with Crippen LogP contribution in [0.15, 0.2) is 11.6 Å². The SMILES string of the molecule is CC[C@]12CCC3C(C(C)C(C)C4=CC(=N)CC[C@@H]43)C1C1CC1[C@@]21CCC(=O)O1. The molecule has 152 valence electrons. The molecule has 7 unspecified atom stereocenters. The largest absolute Gasteiger partial charge is 0.458 e. The zero-order chi connectivity index (χ0) is 19.4. The van der Waals surface area contributed by atoms with Crippen molar-refractivity contribution in [1.29, 1.82) is 5.41 Å². The van der Waals surface area contributed by atoms with Crippen LogP contribution in [0.2, 0.25) is 0 Å². The van der Waals surface area contributed by atoms with Crippen LogP contribution in [0.25, 0.3) is 0 Å². The second-order valence-corrected chi connectivity index (χ2v) is 11.1. The number of rotatable bonds is 1. The average molecular weight is 382 g/mol. The molecule has 1 N–H and O–H groups in total. The first-order valence-electron chi connectivity index (χ1n) is 11.9. The minimum absolute atomic E-state index is 0.0716. The molecule has 1 aliphatic heterocycles. The van der Waals surface area contributed by atoms with E-state index < -0.39 is 0 Å². The number of esters is 1. The topological polar surface area (TPSA) is 50.2 Å². The van der Waals surface area contributed by atoms with Gasteiger partial charge in [0.15, 0.2) is 0 Å². The highest BCUT2D eigenvalue weighted by molar-refractivity contribution is 5.94. The number of nitrogens with one attached hydrogen (secondary N) is 1. The third-order valence-electron chi connectivity index (χ3n) is 10.8. The van der Waals surface area contributed by atoms with E-state index in [2.05, 4.69) is 26.8 Å². The molecule has 4 saturated carbocycles. The van der Waals surface area contributed by atoms with Crippen LogP contribution in [-0.2, 0) is 9.53 Å². The third-order valence-corrected chi connectivity index (χ3v) is 10.8. The number of carbonyl (C=O) groups excluding carboxylic acids is 1. The fourth-order valence-electron chi connectivity index (χ4n) is 9.65. The molecular formula is C25H35NO2. The molecule has 28 heavy (non-hydrogen) atoms. The summed E-state index contributed by atoms with van der Waals surface area (Å²) in [7, 11) is 0. The van der Waals surface area contributed by atoms with Crippen molar-refractivity contribution in [3.05, 3.63) is 11.6 Å². The zero-order valence-electron chi connectivity index (χ0n) is 17.7. The van der Waals surface area contributed by atoms with E-state index in [4.69, 9.17) is 10.1 Å². The molecule has 0 aromatic carbocycles. The Labute approximate surface area is 169 Å². The molecule has 3 nitrogen and oxygen atoms in total. The molecule has 0 bridgehead atoms. The van der Waals surface area contributed by atoms with E-state index in [9.17, 15) is 4.79 Å². The van der Waals surface area contributed by atoms with E-state index in [1.165, 1.54) is 32.1 Å². The van der Waals surface area contributed by atoms with Gasteiger partial charge in [0.25, 0.3) is 0 Å². The Morgan fingerprint density at radius 3 is 2.71 bits per heavy atom. The van der Waals surface area contributed by atoms with Crippen molar-refractivity contribution in [2.24, 2.45) is 52.8 Å². The van der Waals surface area contributed by atoms with Crippen molar-refractivity contribution in [2.45, 2.75) is 77.7 Å². The molecule has 1 spiro atoms. The van der Waals surface area contributed by atoms with Crippen LogP contribution in [0.1, 0.15) is 72.1 Å². The first kappa shape index (κ1) is 17.7. The molecular weight excluding hydrogens is 346 g/mol. The Morgan fingerprint density at radius 1 is 1.18 bits per heavy atom. The van der Waals surface area contributed by atoms with Crippen molar-refractivity contribution < 1.29 is 9.53 Å². The number of hydrogen-bond donors (Lipinski definition) is 1. The maximum absolute atomic E-state index is 12.3. The predicted octanol–water partition coefficient (Wildman–Crippen LogP) is 5.39. The van der Waals surface area contributed by atoms with Gasteiger partial charge in [-0.05, 0) is 92.4 Å². The van der Waals surface area contributed by atoms with Crippen LogP contribution in [0.3, 0.4) is 0 Å². The summed E-state index contributed by atoms with van der Waals surface area (Å²) in [6.45, 7) is 7.33. The van der Waals surface area contributed by atoms with Crippen LogP contribution in [0, 0.1) is 58.2 Å². The Balaban J connectivity index is 1.44. The normalized spacial score (nSPS) is 56.5. The molecule has 3 heteroatoms. The molecule has 5 aliphatic carbocycles. The Bertz CT molecular complexity index is 785. The summed E-state index contributed by atoms with van der Waals surface area (Å²) in [5.41, 5.74) is 2.57. The van der Waals surface area contributed by atoms with Gasteiger partial charge in [0.1, 0.15) is 5.60 Å². The molecule has 6 rings (SSSR count). The highest BCUT2D eigenvalue weighted by atomic mass is 16.6. The molecule has 1 saturated heterocycles. The summed E-state index contributed by atoms with van der Waals surface area (Å²) in [6.07, 6.45) is 11.1.